The molecule has 218 valence electrons. The molecule has 1 atom stereocenters. The van der Waals surface area contributed by atoms with Gasteiger partial charge in [-0.2, -0.15) is 0 Å². The number of anilines is 1. The molecule has 4 aromatic rings. The summed E-state index contributed by atoms with van der Waals surface area (Å²) < 4.78 is 29.1. The molecule has 9 heteroatoms. The summed E-state index contributed by atoms with van der Waals surface area (Å²) in [5.74, 6) is -0.917. The van der Waals surface area contributed by atoms with Gasteiger partial charge in [0.2, 0.25) is 11.8 Å². The monoisotopic (exact) mass is 603 g/mol. The zero-order valence-electron chi connectivity index (χ0n) is 23.8. The number of carbonyl (C=O) groups is 2. The molecule has 0 heterocycles. The van der Waals surface area contributed by atoms with E-state index in [0.29, 0.717) is 16.3 Å². The van der Waals surface area contributed by atoms with E-state index in [1.54, 1.807) is 54.6 Å². The van der Waals surface area contributed by atoms with Gasteiger partial charge in [0.15, 0.2) is 0 Å². The van der Waals surface area contributed by atoms with Gasteiger partial charge < -0.3 is 10.2 Å². The smallest absolute Gasteiger partial charge is 0.264 e. The first-order valence-electron chi connectivity index (χ1n) is 13.5. The summed E-state index contributed by atoms with van der Waals surface area (Å²) in [5, 5.41) is 3.12. The Labute approximate surface area is 252 Å². The van der Waals surface area contributed by atoms with E-state index in [-0.39, 0.29) is 23.8 Å². The number of hydrogen-bond donors (Lipinski definition) is 1. The average Bonchev–Trinajstić information content (AvgIpc) is 3.00. The summed E-state index contributed by atoms with van der Waals surface area (Å²) in [4.78, 5) is 29.1. The Morgan fingerprint density at radius 3 is 2.07 bits per heavy atom. The van der Waals surface area contributed by atoms with Crippen LogP contribution in [0.1, 0.15) is 22.3 Å². The van der Waals surface area contributed by atoms with E-state index in [0.717, 1.165) is 21.0 Å². The topological polar surface area (TPSA) is 86.8 Å². The Morgan fingerprint density at radius 1 is 0.833 bits per heavy atom. The lowest BCUT2D eigenvalue weighted by Crippen LogP contribution is -2.53. The summed E-state index contributed by atoms with van der Waals surface area (Å²) in [5.41, 5.74) is 3.72. The number of nitrogens with one attached hydrogen (secondary N) is 1. The standard InChI is InChI=1S/C33H34ClN3O4S/c1-24-18-19-28(20-25(24)2)37(42(40,41)29-15-8-5-9-16-29)23-32(38)36(22-27-14-10-11-17-30(27)34)31(33(39)35-3)21-26-12-6-4-7-13-26/h4-20,31H,21-23H2,1-3H3,(H,35,39). The quantitative estimate of drug-likeness (QED) is 0.244. The van der Waals surface area contributed by atoms with Crippen molar-refractivity contribution in [3.63, 3.8) is 0 Å². The molecule has 0 bridgehead atoms. The molecule has 4 rings (SSSR count). The van der Waals surface area contributed by atoms with Crippen molar-refractivity contribution in [2.24, 2.45) is 0 Å². The summed E-state index contributed by atoms with van der Waals surface area (Å²) in [6, 6.07) is 28.8. The number of amides is 2. The van der Waals surface area contributed by atoms with Crippen LogP contribution < -0.4 is 9.62 Å². The van der Waals surface area contributed by atoms with E-state index in [4.69, 9.17) is 11.6 Å². The van der Waals surface area contributed by atoms with Gasteiger partial charge >= 0.3 is 0 Å². The van der Waals surface area contributed by atoms with Crippen molar-refractivity contribution in [2.75, 3.05) is 17.9 Å². The van der Waals surface area contributed by atoms with Crippen LogP contribution in [0.15, 0.2) is 108 Å². The highest BCUT2D eigenvalue weighted by atomic mass is 35.5. The van der Waals surface area contributed by atoms with Crippen LogP contribution >= 0.6 is 11.6 Å². The molecule has 0 aliphatic carbocycles. The molecule has 42 heavy (non-hydrogen) atoms. The number of likely N-dealkylation sites (N-methyl/N-ethyl adjacent to an activating group) is 1. The molecule has 0 aliphatic rings. The Morgan fingerprint density at radius 2 is 1.45 bits per heavy atom. The molecule has 1 unspecified atom stereocenters. The van der Waals surface area contributed by atoms with Crippen LogP contribution in [0.25, 0.3) is 0 Å². The number of benzene rings is 4. The van der Waals surface area contributed by atoms with Crippen LogP contribution in [-0.2, 0) is 32.6 Å². The second-order valence-corrected chi connectivity index (χ2v) is 12.3. The molecule has 0 saturated carbocycles. The fourth-order valence-corrected chi connectivity index (χ4v) is 6.28. The number of halogens is 1. The summed E-state index contributed by atoms with van der Waals surface area (Å²) in [7, 11) is -2.63. The number of aryl methyl sites for hydroxylation is 2. The van der Waals surface area contributed by atoms with Crippen molar-refractivity contribution in [3.8, 4) is 0 Å². The zero-order valence-corrected chi connectivity index (χ0v) is 25.4. The molecule has 0 radical (unpaired) electrons. The van der Waals surface area contributed by atoms with Crippen LogP contribution in [-0.4, -0.2) is 44.8 Å². The predicted octanol–water partition coefficient (Wildman–Crippen LogP) is 5.54. The lowest BCUT2D eigenvalue weighted by molar-refractivity contribution is -0.139. The van der Waals surface area contributed by atoms with Crippen molar-refractivity contribution >= 4 is 39.1 Å². The van der Waals surface area contributed by atoms with Crippen molar-refractivity contribution in [1.29, 1.82) is 0 Å². The normalized spacial score (nSPS) is 11.9. The lowest BCUT2D eigenvalue weighted by atomic mass is 10.0. The second kappa shape index (κ2) is 13.7. The molecular formula is C33H34ClN3O4S. The first-order chi connectivity index (χ1) is 20.1. The van der Waals surface area contributed by atoms with Crippen molar-refractivity contribution in [3.05, 3.63) is 130 Å². The predicted molar refractivity (Wildman–Crippen MR) is 167 cm³/mol. The van der Waals surface area contributed by atoms with Crippen molar-refractivity contribution in [1.82, 2.24) is 10.2 Å². The van der Waals surface area contributed by atoms with Gasteiger partial charge in [-0.05, 0) is 66.4 Å². The second-order valence-electron chi connectivity index (χ2n) is 10.0. The number of carbonyl (C=O) groups excluding carboxylic acids is 2. The Balaban J connectivity index is 1.81. The van der Waals surface area contributed by atoms with Gasteiger partial charge in [0, 0.05) is 25.0 Å². The van der Waals surface area contributed by atoms with Gasteiger partial charge in [0.05, 0.1) is 10.6 Å². The highest BCUT2D eigenvalue weighted by Gasteiger charge is 2.34. The Bertz CT molecular complexity index is 1650. The van der Waals surface area contributed by atoms with Crippen LogP contribution in [0.4, 0.5) is 5.69 Å². The Kier molecular flexibility index (Phi) is 10.0. The fraction of sp³-hybridized carbons (Fsp3) is 0.212. The van der Waals surface area contributed by atoms with E-state index < -0.39 is 28.5 Å². The lowest BCUT2D eigenvalue weighted by Gasteiger charge is -2.34. The number of hydrogen-bond acceptors (Lipinski definition) is 4. The average molecular weight is 604 g/mol. The first-order valence-corrected chi connectivity index (χ1v) is 15.4. The minimum absolute atomic E-state index is 0.00950. The third kappa shape index (κ3) is 7.19. The van der Waals surface area contributed by atoms with Crippen LogP contribution in [0.3, 0.4) is 0 Å². The maximum atomic E-state index is 14.3. The highest BCUT2D eigenvalue weighted by Crippen LogP contribution is 2.27. The van der Waals surface area contributed by atoms with Gasteiger partial charge in [-0.15, -0.1) is 0 Å². The Hall–Kier alpha value is -4.14. The molecule has 0 spiro atoms. The van der Waals surface area contributed by atoms with Gasteiger partial charge in [0.1, 0.15) is 12.6 Å². The SMILES string of the molecule is CNC(=O)C(Cc1ccccc1)N(Cc1ccccc1Cl)C(=O)CN(c1ccc(C)c(C)c1)S(=O)(=O)c1ccccc1. The zero-order chi connectivity index (χ0) is 30.3. The van der Waals surface area contributed by atoms with Gasteiger partial charge in [0.25, 0.3) is 10.0 Å². The van der Waals surface area contributed by atoms with Gasteiger partial charge in [-0.1, -0.05) is 84.4 Å². The molecule has 7 nitrogen and oxygen atoms in total. The molecular weight excluding hydrogens is 570 g/mol. The highest BCUT2D eigenvalue weighted by molar-refractivity contribution is 7.92. The molecule has 0 aromatic heterocycles. The minimum atomic E-state index is -4.14. The fourth-order valence-electron chi connectivity index (χ4n) is 4.66. The first kappa shape index (κ1) is 30.8. The molecule has 0 aliphatic heterocycles. The van der Waals surface area contributed by atoms with Crippen molar-refractivity contribution in [2.45, 2.75) is 37.8 Å². The maximum Gasteiger partial charge on any atom is 0.264 e. The van der Waals surface area contributed by atoms with E-state index in [1.165, 1.54) is 24.1 Å². The van der Waals surface area contributed by atoms with Gasteiger partial charge in [-0.3, -0.25) is 13.9 Å². The van der Waals surface area contributed by atoms with E-state index in [1.807, 2.05) is 50.2 Å². The summed E-state index contributed by atoms with van der Waals surface area (Å²) in [6.45, 7) is 3.31. The molecule has 4 aromatic carbocycles. The van der Waals surface area contributed by atoms with E-state index in [2.05, 4.69) is 5.32 Å². The van der Waals surface area contributed by atoms with E-state index in [9.17, 15) is 18.0 Å². The third-order valence-electron chi connectivity index (χ3n) is 7.20. The summed E-state index contributed by atoms with van der Waals surface area (Å²) in [6.07, 6.45) is 0.228. The molecule has 1 N–H and O–H groups in total. The van der Waals surface area contributed by atoms with E-state index >= 15 is 0 Å². The maximum absolute atomic E-state index is 14.3. The van der Waals surface area contributed by atoms with Crippen molar-refractivity contribution < 1.29 is 18.0 Å². The number of nitrogens with zero attached hydrogens (tertiary/aromatic N) is 2. The largest absolute Gasteiger partial charge is 0.357 e. The van der Waals surface area contributed by atoms with Crippen LogP contribution in [0.2, 0.25) is 5.02 Å². The number of sulfonamides is 1. The third-order valence-corrected chi connectivity index (χ3v) is 9.36. The summed E-state index contributed by atoms with van der Waals surface area (Å²) >= 11 is 6.49. The van der Waals surface area contributed by atoms with Gasteiger partial charge in [-0.25, -0.2) is 8.42 Å². The van der Waals surface area contributed by atoms with Crippen LogP contribution in [0.5, 0.6) is 0 Å². The number of rotatable bonds is 11. The minimum Gasteiger partial charge on any atom is -0.357 e. The molecule has 2 amide bonds. The van der Waals surface area contributed by atoms with Crippen LogP contribution in [0, 0.1) is 13.8 Å². The molecule has 0 saturated heterocycles. The molecule has 0 fully saturated rings.